The van der Waals surface area contributed by atoms with Crippen LogP contribution in [0.25, 0.3) is 0 Å². The molecule has 3 nitrogen and oxygen atoms in total. The number of hydrogen-bond donors (Lipinski definition) is 1. The van der Waals surface area contributed by atoms with Crippen molar-refractivity contribution in [3.63, 3.8) is 0 Å². The highest BCUT2D eigenvalue weighted by molar-refractivity contribution is 4.81. The molecule has 0 heterocycles. The van der Waals surface area contributed by atoms with Crippen LogP contribution in [0.3, 0.4) is 0 Å². The standard InChI is InChI=1S/C12H28N2O/c1-6-12(7-2,10-13-3)11-14(4)8-9-15-5/h13H,6-11H2,1-5H3. The van der Waals surface area contributed by atoms with Gasteiger partial charge in [-0.2, -0.15) is 0 Å². The van der Waals surface area contributed by atoms with E-state index in [4.69, 9.17) is 4.74 Å². The Balaban J connectivity index is 4.13. The lowest BCUT2D eigenvalue weighted by molar-refractivity contribution is 0.116. The van der Waals surface area contributed by atoms with E-state index in [-0.39, 0.29) is 0 Å². The van der Waals surface area contributed by atoms with Crippen LogP contribution in [0, 0.1) is 5.41 Å². The van der Waals surface area contributed by atoms with Crippen molar-refractivity contribution in [2.45, 2.75) is 26.7 Å². The summed E-state index contributed by atoms with van der Waals surface area (Å²) in [6.07, 6.45) is 2.45. The van der Waals surface area contributed by atoms with Gasteiger partial charge in [-0.1, -0.05) is 13.8 Å². The van der Waals surface area contributed by atoms with Crippen molar-refractivity contribution >= 4 is 0 Å². The fraction of sp³-hybridized carbons (Fsp3) is 1.00. The van der Waals surface area contributed by atoms with Gasteiger partial charge in [0.2, 0.25) is 0 Å². The predicted octanol–water partition coefficient (Wildman–Crippen LogP) is 1.59. The van der Waals surface area contributed by atoms with Gasteiger partial charge in [-0.25, -0.2) is 0 Å². The number of ether oxygens (including phenoxy) is 1. The largest absolute Gasteiger partial charge is 0.383 e. The van der Waals surface area contributed by atoms with E-state index in [2.05, 4.69) is 31.1 Å². The molecule has 0 spiro atoms. The molecule has 0 saturated carbocycles. The topological polar surface area (TPSA) is 24.5 Å². The van der Waals surface area contributed by atoms with E-state index < -0.39 is 0 Å². The summed E-state index contributed by atoms with van der Waals surface area (Å²) in [5, 5.41) is 3.31. The van der Waals surface area contributed by atoms with Gasteiger partial charge in [-0.05, 0) is 32.4 Å². The van der Waals surface area contributed by atoms with Crippen molar-refractivity contribution in [1.82, 2.24) is 10.2 Å². The van der Waals surface area contributed by atoms with Gasteiger partial charge in [0.15, 0.2) is 0 Å². The van der Waals surface area contributed by atoms with E-state index in [0.29, 0.717) is 5.41 Å². The molecule has 3 heteroatoms. The van der Waals surface area contributed by atoms with Crippen molar-refractivity contribution < 1.29 is 4.74 Å². The Hall–Kier alpha value is -0.120. The Morgan fingerprint density at radius 3 is 2.27 bits per heavy atom. The molecule has 1 N–H and O–H groups in total. The minimum absolute atomic E-state index is 0.414. The van der Waals surface area contributed by atoms with E-state index in [1.807, 2.05) is 7.05 Å². The Labute approximate surface area is 95.2 Å². The zero-order valence-electron chi connectivity index (χ0n) is 11.1. The maximum Gasteiger partial charge on any atom is 0.0589 e. The fourth-order valence-corrected chi connectivity index (χ4v) is 2.05. The molecule has 0 aromatic rings. The molecule has 0 unspecified atom stereocenters. The maximum atomic E-state index is 5.10. The molecule has 0 saturated heterocycles. The van der Waals surface area contributed by atoms with Gasteiger partial charge < -0.3 is 15.0 Å². The number of likely N-dealkylation sites (N-methyl/N-ethyl adjacent to an activating group) is 1. The molecule has 0 amide bonds. The van der Waals surface area contributed by atoms with E-state index >= 15 is 0 Å². The second-order valence-corrected chi connectivity index (χ2v) is 4.47. The van der Waals surface area contributed by atoms with Gasteiger partial charge in [-0.15, -0.1) is 0 Å². The van der Waals surface area contributed by atoms with Gasteiger partial charge in [0.25, 0.3) is 0 Å². The molecule has 15 heavy (non-hydrogen) atoms. The summed E-state index contributed by atoms with van der Waals surface area (Å²) in [4.78, 5) is 2.37. The van der Waals surface area contributed by atoms with Crippen LogP contribution in [-0.4, -0.2) is 52.3 Å². The SMILES string of the molecule is CCC(CC)(CNC)CN(C)CCOC. The third-order valence-electron chi connectivity index (χ3n) is 3.33. The Morgan fingerprint density at radius 2 is 1.87 bits per heavy atom. The maximum absolute atomic E-state index is 5.10. The summed E-state index contributed by atoms with van der Waals surface area (Å²) in [7, 11) is 5.97. The third kappa shape index (κ3) is 5.50. The van der Waals surface area contributed by atoms with Crippen molar-refractivity contribution in [2.75, 3.05) is 47.4 Å². The summed E-state index contributed by atoms with van der Waals surface area (Å²) in [5.74, 6) is 0. The van der Waals surface area contributed by atoms with Gasteiger partial charge >= 0.3 is 0 Å². The van der Waals surface area contributed by atoms with Gasteiger partial charge in [0, 0.05) is 26.7 Å². The quantitative estimate of drug-likeness (QED) is 0.633. The summed E-state index contributed by atoms with van der Waals surface area (Å²) in [6.45, 7) is 8.64. The third-order valence-corrected chi connectivity index (χ3v) is 3.33. The molecule has 0 fully saturated rings. The highest BCUT2D eigenvalue weighted by atomic mass is 16.5. The lowest BCUT2D eigenvalue weighted by atomic mass is 9.81. The summed E-state index contributed by atoms with van der Waals surface area (Å²) >= 11 is 0. The second-order valence-electron chi connectivity index (χ2n) is 4.47. The lowest BCUT2D eigenvalue weighted by Gasteiger charge is -2.35. The number of nitrogens with zero attached hydrogens (tertiary/aromatic N) is 1. The van der Waals surface area contributed by atoms with Crippen LogP contribution in [0.1, 0.15) is 26.7 Å². The summed E-state index contributed by atoms with van der Waals surface area (Å²) < 4.78 is 5.10. The molecule has 0 aliphatic carbocycles. The molecule has 0 aromatic carbocycles. The molecule has 0 atom stereocenters. The van der Waals surface area contributed by atoms with Crippen LogP contribution >= 0.6 is 0 Å². The van der Waals surface area contributed by atoms with Crippen LogP contribution in [0.5, 0.6) is 0 Å². The van der Waals surface area contributed by atoms with Crippen LogP contribution in [0.15, 0.2) is 0 Å². The molecular weight excluding hydrogens is 188 g/mol. The van der Waals surface area contributed by atoms with E-state index in [9.17, 15) is 0 Å². The molecule has 0 bridgehead atoms. The summed E-state index contributed by atoms with van der Waals surface area (Å²) in [5.41, 5.74) is 0.414. The minimum atomic E-state index is 0.414. The van der Waals surface area contributed by atoms with Crippen molar-refractivity contribution in [2.24, 2.45) is 5.41 Å². The number of methoxy groups -OCH3 is 1. The van der Waals surface area contributed by atoms with Crippen LogP contribution in [0.4, 0.5) is 0 Å². The van der Waals surface area contributed by atoms with E-state index in [1.54, 1.807) is 7.11 Å². The zero-order valence-corrected chi connectivity index (χ0v) is 11.1. The molecular formula is C12H28N2O. The van der Waals surface area contributed by atoms with Crippen LogP contribution in [-0.2, 0) is 4.74 Å². The first kappa shape index (κ1) is 14.9. The van der Waals surface area contributed by atoms with Gasteiger partial charge in [0.1, 0.15) is 0 Å². The zero-order chi connectivity index (χ0) is 11.7. The first-order valence-corrected chi connectivity index (χ1v) is 5.96. The predicted molar refractivity (Wildman–Crippen MR) is 66.3 cm³/mol. The Bertz CT molecular complexity index is 147. The minimum Gasteiger partial charge on any atom is -0.383 e. The first-order chi connectivity index (χ1) is 7.14. The highest BCUT2D eigenvalue weighted by Crippen LogP contribution is 2.26. The molecule has 0 rings (SSSR count). The highest BCUT2D eigenvalue weighted by Gasteiger charge is 2.26. The number of rotatable bonds is 9. The second kappa shape index (κ2) is 8.08. The van der Waals surface area contributed by atoms with Gasteiger partial charge in [-0.3, -0.25) is 0 Å². The number of hydrogen-bond acceptors (Lipinski definition) is 3. The van der Waals surface area contributed by atoms with Crippen molar-refractivity contribution in [3.8, 4) is 0 Å². The average Bonchev–Trinajstić information content (AvgIpc) is 2.25. The molecule has 0 radical (unpaired) electrons. The van der Waals surface area contributed by atoms with E-state index in [1.165, 1.54) is 12.8 Å². The molecule has 0 aliphatic heterocycles. The fourth-order valence-electron chi connectivity index (χ4n) is 2.05. The molecule has 0 aromatic heterocycles. The monoisotopic (exact) mass is 216 g/mol. The van der Waals surface area contributed by atoms with Crippen molar-refractivity contribution in [3.05, 3.63) is 0 Å². The molecule has 0 aliphatic rings. The Morgan fingerprint density at radius 1 is 1.27 bits per heavy atom. The van der Waals surface area contributed by atoms with Crippen LogP contribution in [0.2, 0.25) is 0 Å². The Kier molecular flexibility index (Phi) is 8.02. The van der Waals surface area contributed by atoms with Crippen molar-refractivity contribution in [1.29, 1.82) is 0 Å². The molecule has 92 valence electrons. The lowest BCUT2D eigenvalue weighted by Crippen LogP contribution is -2.42. The van der Waals surface area contributed by atoms with Gasteiger partial charge in [0.05, 0.1) is 6.61 Å². The number of nitrogens with one attached hydrogen (secondary N) is 1. The smallest absolute Gasteiger partial charge is 0.0589 e. The summed E-state index contributed by atoms with van der Waals surface area (Å²) in [6, 6.07) is 0. The van der Waals surface area contributed by atoms with Crippen LogP contribution < -0.4 is 5.32 Å². The average molecular weight is 216 g/mol. The normalized spacial score (nSPS) is 12.4. The van der Waals surface area contributed by atoms with E-state index in [0.717, 1.165) is 26.2 Å². The first-order valence-electron chi connectivity index (χ1n) is 5.96.